The Morgan fingerprint density at radius 2 is 1.71 bits per heavy atom. The lowest BCUT2D eigenvalue weighted by atomic mass is 10.1. The minimum atomic E-state index is -0.188. The molecule has 3 aromatic rings. The van der Waals surface area contributed by atoms with Gasteiger partial charge in [-0.25, -0.2) is 14.4 Å². The molecule has 5 nitrogen and oxygen atoms in total. The smallest absolute Gasteiger partial charge is 0.143 e. The summed E-state index contributed by atoms with van der Waals surface area (Å²) in [5.74, 6) is 2.57. The molecular weight excluding hydrogens is 355 g/mol. The average molecular weight is 380 g/mol. The highest BCUT2D eigenvalue weighted by Gasteiger charge is 2.08. The van der Waals surface area contributed by atoms with Gasteiger partial charge in [0.25, 0.3) is 0 Å². The van der Waals surface area contributed by atoms with Gasteiger partial charge >= 0.3 is 0 Å². The fourth-order valence-electron chi connectivity index (χ4n) is 2.81. The molecule has 0 radical (unpaired) electrons. The van der Waals surface area contributed by atoms with Crippen molar-refractivity contribution in [1.82, 2.24) is 9.97 Å². The number of benzene rings is 2. The summed E-state index contributed by atoms with van der Waals surface area (Å²) in [4.78, 5) is 8.86. The quantitative estimate of drug-likeness (QED) is 0.569. The minimum absolute atomic E-state index is 0.0747. The van der Waals surface area contributed by atoms with E-state index in [0.717, 1.165) is 11.4 Å². The van der Waals surface area contributed by atoms with Gasteiger partial charge in [-0.3, -0.25) is 0 Å². The summed E-state index contributed by atoms with van der Waals surface area (Å²) in [5, 5.41) is 6.55. The molecule has 0 spiro atoms. The predicted octanol–water partition coefficient (Wildman–Crippen LogP) is 5.11. The molecule has 0 aliphatic rings. The Kier molecular flexibility index (Phi) is 6.42. The Morgan fingerprint density at radius 3 is 2.50 bits per heavy atom. The zero-order chi connectivity index (χ0) is 19.9. The van der Waals surface area contributed by atoms with Crippen LogP contribution >= 0.6 is 0 Å². The molecule has 6 heteroatoms. The van der Waals surface area contributed by atoms with Crippen molar-refractivity contribution in [3.05, 3.63) is 71.8 Å². The first-order valence-corrected chi connectivity index (χ1v) is 9.37. The van der Waals surface area contributed by atoms with Crippen LogP contribution in [0.5, 0.6) is 5.75 Å². The van der Waals surface area contributed by atoms with E-state index in [-0.39, 0.29) is 11.9 Å². The lowest BCUT2D eigenvalue weighted by Crippen LogP contribution is -2.10. The van der Waals surface area contributed by atoms with Crippen LogP contribution in [-0.2, 0) is 6.42 Å². The first-order chi connectivity index (χ1) is 13.5. The van der Waals surface area contributed by atoms with E-state index >= 15 is 0 Å². The van der Waals surface area contributed by atoms with Crippen LogP contribution in [-0.4, -0.2) is 22.6 Å². The van der Waals surface area contributed by atoms with Crippen molar-refractivity contribution < 1.29 is 9.13 Å². The van der Waals surface area contributed by atoms with Crippen LogP contribution in [0, 0.1) is 12.7 Å². The topological polar surface area (TPSA) is 59.1 Å². The number of hydrogen-bond donors (Lipinski definition) is 2. The van der Waals surface area contributed by atoms with Crippen LogP contribution in [0.25, 0.3) is 0 Å². The molecule has 0 amide bonds. The Hall–Kier alpha value is -3.15. The molecule has 0 fully saturated rings. The average Bonchev–Trinajstić information content (AvgIpc) is 2.64. The van der Waals surface area contributed by atoms with E-state index in [1.165, 1.54) is 6.07 Å². The van der Waals surface area contributed by atoms with Crippen LogP contribution in [0.4, 0.5) is 21.7 Å². The number of hydrogen-bond acceptors (Lipinski definition) is 5. The monoisotopic (exact) mass is 380 g/mol. The molecule has 0 aliphatic carbocycles. The summed E-state index contributed by atoms with van der Waals surface area (Å²) < 4.78 is 19.6. The van der Waals surface area contributed by atoms with Gasteiger partial charge in [-0.1, -0.05) is 30.3 Å². The molecule has 0 saturated carbocycles. The second kappa shape index (κ2) is 9.17. The third-order valence-corrected chi connectivity index (χ3v) is 4.01. The highest BCUT2D eigenvalue weighted by atomic mass is 19.1. The standard InChI is InChI=1S/C22H25FN4O/c1-15(2)28-20-11-7-6-10-19(20)27-22-14-21(25-16(3)26-22)24-13-12-17-8-4-5-9-18(17)23/h4-11,14-15H,12-13H2,1-3H3,(H2,24,25,26,27). The van der Waals surface area contributed by atoms with Crippen molar-refractivity contribution in [2.75, 3.05) is 17.2 Å². The molecule has 3 rings (SSSR count). The highest BCUT2D eigenvalue weighted by molar-refractivity contribution is 5.65. The van der Waals surface area contributed by atoms with Gasteiger partial charge in [0, 0.05) is 12.6 Å². The van der Waals surface area contributed by atoms with Gasteiger partial charge in [0.2, 0.25) is 0 Å². The highest BCUT2D eigenvalue weighted by Crippen LogP contribution is 2.28. The summed E-state index contributed by atoms with van der Waals surface area (Å²) in [7, 11) is 0. The van der Waals surface area contributed by atoms with Gasteiger partial charge in [-0.15, -0.1) is 0 Å². The number of anilines is 3. The van der Waals surface area contributed by atoms with Crippen LogP contribution in [0.1, 0.15) is 25.2 Å². The van der Waals surface area contributed by atoms with E-state index in [9.17, 15) is 4.39 Å². The molecule has 0 atom stereocenters. The number of aromatic nitrogens is 2. The Morgan fingerprint density at radius 1 is 1.00 bits per heavy atom. The van der Waals surface area contributed by atoms with Gasteiger partial charge in [0.15, 0.2) is 0 Å². The summed E-state index contributed by atoms with van der Waals surface area (Å²) in [6, 6.07) is 16.4. The molecular formula is C22H25FN4O. The van der Waals surface area contributed by atoms with E-state index < -0.39 is 0 Å². The first kappa shape index (κ1) is 19.6. The summed E-state index contributed by atoms with van der Waals surface area (Å²) >= 11 is 0. The SMILES string of the molecule is Cc1nc(NCCc2ccccc2F)cc(Nc2ccccc2OC(C)C)n1. The predicted molar refractivity (Wildman–Crippen MR) is 111 cm³/mol. The summed E-state index contributed by atoms with van der Waals surface area (Å²) in [6.45, 7) is 6.39. The minimum Gasteiger partial charge on any atom is -0.489 e. The van der Waals surface area contributed by atoms with Crippen LogP contribution in [0.2, 0.25) is 0 Å². The lowest BCUT2D eigenvalue weighted by molar-refractivity contribution is 0.244. The van der Waals surface area contributed by atoms with E-state index in [0.29, 0.717) is 36.0 Å². The van der Waals surface area contributed by atoms with E-state index in [1.807, 2.05) is 57.2 Å². The number of para-hydroxylation sites is 2. The Labute approximate surface area is 165 Å². The third-order valence-electron chi connectivity index (χ3n) is 4.01. The lowest BCUT2D eigenvalue weighted by Gasteiger charge is -2.16. The zero-order valence-electron chi connectivity index (χ0n) is 16.4. The van der Waals surface area contributed by atoms with Gasteiger partial charge in [0.1, 0.15) is 29.0 Å². The number of halogens is 1. The van der Waals surface area contributed by atoms with Crippen LogP contribution in [0.3, 0.4) is 0 Å². The zero-order valence-corrected chi connectivity index (χ0v) is 16.4. The Bertz CT molecular complexity index is 930. The second-order valence-corrected chi connectivity index (χ2v) is 6.74. The van der Waals surface area contributed by atoms with Gasteiger partial charge in [-0.05, 0) is 51.0 Å². The van der Waals surface area contributed by atoms with Crippen molar-refractivity contribution in [2.45, 2.75) is 33.3 Å². The fraction of sp³-hybridized carbons (Fsp3) is 0.273. The van der Waals surface area contributed by atoms with Gasteiger partial charge in [-0.2, -0.15) is 0 Å². The maximum absolute atomic E-state index is 13.7. The van der Waals surface area contributed by atoms with Gasteiger partial charge < -0.3 is 15.4 Å². The molecule has 0 unspecified atom stereocenters. The first-order valence-electron chi connectivity index (χ1n) is 9.37. The van der Waals surface area contributed by atoms with E-state index in [2.05, 4.69) is 20.6 Å². The van der Waals surface area contributed by atoms with Crippen molar-refractivity contribution >= 4 is 17.3 Å². The number of nitrogens with one attached hydrogen (secondary N) is 2. The van der Waals surface area contributed by atoms with Crippen molar-refractivity contribution in [1.29, 1.82) is 0 Å². The second-order valence-electron chi connectivity index (χ2n) is 6.74. The maximum Gasteiger partial charge on any atom is 0.143 e. The molecule has 1 aromatic heterocycles. The molecule has 0 bridgehead atoms. The van der Waals surface area contributed by atoms with E-state index in [4.69, 9.17) is 4.74 Å². The van der Waals surface area contributed by atoms with Crippen LogP contribution in [0.15, 0.2) is 54.6 Å². The number of ether oxygens (including phenoxy) is 1. The molecule has 146 valence electrons. The third kappa shape index (κ3) is 5.42. The molecule has 0 saturated heterocycles. The van der Waals surface area contributed by atoms with Crippen molar-refractivity contribution in [2.24, 2.45) is 0 Å². The van der Waals surface area contributed by atoms with Crippen molar-refractivity contribution in [3.8, 4) is 5.75 Å². The van der Waals surface area contributed by atoms with E-state index in [1.54, 1.807) is 12.1 Å². The van der Waals surface area contributed by atoms with Gasteiger partial charge in [0.05, 0.1) is 11.8 Å². The fourth-order valence-corrected chi connectivity index (χ4v) is 2.81. The molecule has 0 aliphatic heterocycles. The molecule has 1 heterocycles. The number of rotatable bonds is 8. The van der Waals surface area contributed by atoms with Crippen LogP contribution < -0.4 is 15.4 Å². The molecule has 2 N–H and O–H groups in total. The number of aryl methyl sites for hydroxylation is 1. The normalized spacial score (nSPS) is 10.8. The molecule has 2 aromatic carbocycles. The number of nitrogens with zero attached hydrogens (tertiary/aromatic N) is 2. The maximum atomic E-state index is 13.7. The largest absolute Gasteiger partial charge is 0.489 e. The summed E-state index contributed by atoms with van der Waals surface area (Å²) in [6.07, 6.45) is 0.648. The Balaban J connectivity index is 1.69. The molecule has 28 heavy (non-hydrogen) atoms. The van der Waals surface area contributed by atoms with Crippen molar-refractivity contribution in [3.63, 3.8) is 0 Å². The summed E-state index contributed by atoms with van der Waals surface area (Å²) in [5.41, 5.74) is 1.52.